The normalized spacial score (nSPS) is 35.8. The number of nitrogens with zero attached hydrogens (tertiary/aromatic N) is 3. The summed E-state index contributed by atoms with van der Waals surface area (Å²) in [5.74, 6) is -0.791. The zero-order valence-electron chi connectivity index (χ0n) is 13.8. The standard InChI is InChI=1S/C17H19N3O4/c1-9-5-4-6-10(7-9)12-13-17(21)11(8-20(13)19-18-12)22-15-14(17)23-16(2,3)24-15/h4-7,11,14-15,21H,8H2,1-3H3. The Morgan fingerprint density at radius 2 is 2.12 bits per heavy atom. The quantitative estimate of drug-likeness (QED) is 0.850. The first kappa shape index (κ1) is 14.5. The van der Waals surface area contributed by atoms with E-state index in [1.807, 2.05) is 45.0 Å². The third kappa shape index (κ3) is 1.75. The topological polar surface area (TPSA) is 78.6 Å². The first-order chi connectivity index (χ1) is 11.4. The number of fused-ring (bicyclic) bond motifs is 5. The maximum absolute atomic E-state index is 11.6. The van der Waals surface area contributed by atoms with Crippen molar-refractivity contribution >= 4 is 0 Å². The molecule has 2 fully saturated rings. The van der Waals surface area contributed by atoms with E-state index in [-0.39, 0.29) is 0 Å². The third-order valence-corrected chi connectivity index (χ3v) is 5.03. The van der Waals surface area contributed by atoms with E-state index in [0.29, 0.717) is 17.9 Å². The van der Waals surface area contributed by atoms with E-state index in [0.717, 1.165) is 11.1 Å². The fourth-order valence-electron chi connectivity index (χ4n) is 4.03. The van der Waals surface area contributed by atoms with Gasteiger partial charge in [-0.1, -0.05) is 29.0 Å². The van der Waals surface area contributed by atoms with E-state index in [4.69, 9.17) is 14.2 Å². The number of hydrogen-bond acceptors (Lipinski definition) is 6. The number of aryl methyl sites for hydroxylation is 1. The van der Waals surface area contributed by atoms with Crippen LogP contribution in [0.4, 0.5) is 0 Å². The van der Waals surface area contributed by atoms with Crippen LogP contribution in [0.1, 0.15) is 25.1 Å². The van der Waals surface area contributed by atoms with Crippen molar-refractivity contribution in [2.45, 2.75) is 57.2 Å². The maximum atomic E-state index is 11.6. The van der Waals surface area contributed by atoms with Crippen LogP contribution in [0.2, 0.25) is 0 Å². The number of aliphatic hydroxyl groups is 1. The molecule has 2 saturated heterocycles. The highest BCUT2D eigenvalue weighted by Crippen LogP contribution is 2.52. The van der Waals surface area contributed by atoms with Gasteiger partial charge in [0.25, 0.3) is 0 Å². The largest absolute Gasteiger partial charge is 0.378 e. The lowest BCUT2D eigenvalue weighted by Crippen LogP contribution is -2.44. The van der Waals surface area contributed by atoms with Crippen LogP contribution in [0.15, 0.2) is 24.3 Å². The molecule has 5 rings (SSSR count). The van der Waals surface area contributed by atoms with Crippen molar-refractivity contribution in [3.8, 4) is 11.3 Å². The first-order valence-electron chi connectivity index (χ1n) is 8.13. The van der Waals surface area contributed by atoms with E-state index >= 15 is 0 Å². The number of benzene rings is 1. The van der Waals surface area contributed by atoms with Crippen LogP contribution >= 0.6 is 0 Å². The fraction of sp³-hybridized carbons (Fsp3) is 0.529. The summed E-state index contributed by atoms with van der Waals surface area (Å²) in [6, 6.07) is 8.00. The Morgan fingerprint density at radius 3 is 2.92 bits per heavy atom. The number of hydrogen-bond donors (Lipinski definition) is 1. The Kier molecular flexibility index (Phi) is 2.68. The van der Waals surface area contributed by atoms with Gasteiger partial charge in [0.05, 0.1) is 6.54 Å². The second-order valence-electron chi connectivity index (χ2n) is 7.21. The minimum absolute atomic E-state index is 0.435. The molecule has 4 heterocycles. The smallest absolute Gasteiger partial charge is 0.191 e. The van der Waals surface area contributed by atoms with Crippen LogP contribution in [0.3, 0.4) is 0 Å². The summed E-state index contributed by atoms with van der Waals surface area (Å²) in [5, 5.41) is 20.1. The molecule has 2 aromatic rings. The number of rotatable bonds is 1. The van der Waals surface area contributed by atoms with Crippen LogP contribution in [0.25, 0.3) is 11.3 Å². The molecule has 7 nitrogen and oxygen atoms in total. The highest BCUT2D eigenvalue weighted by Gasteiger charge is 2.68. The molecule has 0 bridgehead atoms. The van der Waals surface area contributed by atoms with Crippen molar-refractivity contribution < 1.29 is 19.3 Å². The molecule has 7 heteroatoms. The molecule has 126 valence electrons. The first-order valence-corrected chi connectivity index (χ1v) is 8.13. The molecule has 4 unspecified atom stereocenters. The van der Waals surface area contributed by atoms with Crippen molar-refractivity contribution in [2.75, 3.05) is 0 Å². The zero-order chi connectivity index (χ0) is 16.7. The van der Waals surface area contributed by atoms with Gasteiger partial charge in [0, 0.05) is 5.56 Å². The van der Waals surface area contributed by atoms with Gasteiger partial charge >= 0.3 is 0 Å². The van der Waals surface area contributed by atoms with E-state index in [1.54, 1.807) is 4.68 Å². The Hall–Kier alpha value is -1.80. The minimum atomic E-state index is -1.32. The molecule has 3 aliphatic heterocycles. The number of ether oxygens (including phenoxy) is 3. The molecule has 1 aromatic heterocycles. The molecule has 0 radical (unpaired) electrons. The van der Waals surface area contributed by atoms with Crippen molar-refractivity contribution in [3.63, 3.8) is 0 Å². The van der Waals surface area contributed by atoms with Gasteiger partial charge in [0.1, 0.15) is 23.6 Å². The lowest BCUT2D eigenvalue weighted by molar-refractivity contribution is -0.228. The molecule has 4 atom stereocenters. The zero-order valence-corrected chi connectivity index (χ0v) is 13.8. The molecule has 0 spiro atoms. The second kappa shape index (κ2) is 4.43. The Balaban J connectivity index is 1.65. The molecule has 0 saturated carbocycles. The van der Waals surface area contributed by atoms with Gasteiger partial charge in [-0.15, -0.1) is 5.10 Å². The molecular weight excluding hydrogens is 310 g/mol. The van der Waals surface area contributed by atoms with Crippen molar-refractivity contribution in [1.82, 2.24) is 15.0 Å². The molecule has 24 heavy (non-hydrogen) atoms. The summed E-state index contributed by atoms with van der Waals surface area (Å²) in [7, 11) is 0. The fourth-order valence-corrected chi connectivity index (χ4v) is 4.03. The van der Waals surface area contributed by atoms with Crippen LogP contribution < -0.4 is 0 Å². The van der Waals surface area contributed by atoms with E-state index in [1.165, 1.54) is 0 Å². The highest BCUT2D eigenvalue weighted by atomic mass is 16.8. The van der Waals surface area contributed by atoms with Gasteiger partial charge < -0.3 is 19.3 Å². The van der Waals surface area contributed by atoms with Crippen LogP contribution in [0, 0.1) is 6.92 Å². The summed E-state index contributed by atoms with van der Waals surface area (Å²) in [4.78, 5) is 0. The van der Waals surface area contributed by atoms with E-state index in [2.05, 4.69) is 10.3 Å². The maximum Gasteiger partial charge on any atom is 0.191 e. The van der Waals surface area contributed by atoms with Crippen LogP contribution in [-0.4, -0.2) is 44.4 Å². The lowest BCUT2D eigenvalue weighted by Gasteiger charge is -2.28. The summed E-state index contributed by atoms with van der Waals surface area (Å²) >= 11 is 0. The van der Waals surface area contributed by atoms with E-state index < -0.39 is 29.9 Å². The molecular formula is C17H19N3O4. The SMILES string of the molecule is Cc1cccc(-c2nnn3c2C2(O)C(C3)OC3OC(C)(C)OC32)c1. The molecule has 1 N–H and O–H groups in total. The highest BCUT2D eigenvalue weighted by molar-refractivity contribution is 5.64. The molecule has 0 aliphatic carbocycles. The second-order valence-corrected chi connectivity index (χ2v) is 7.21. The summed E-state index contributed by atoms with van der Waals surface area (Å²) in [5.41, 5.74) is 2.04. The Bertz CT molecular complexity index is 833. The molecule has 1 aromatic carbocycles. The summed E-state index contributed by atoms with van der Waals surface area (Å²) in [6.45, 7) is 6.10. The third-order valence-electron chi connectivity index (χ3n) is 5.03. The monoisotopic (exact) mass is 329 g/mol. The van der Waals surface area contributed by atoms with Gasteiger partial charge in [0.15, 0.2) is 17.7 Å². The lowest BCUT2D eigenvalue weighted by atomic mass is 9.89. The van der Waals surface area contributed by atoms with Crippen LogP contribution in [0.5, 0.6) is 0 Å². The number of aromatic nitrogens is 3. The summed E-state index contributed by atoms with van der Waals surface area (Å²) < 4.78 is 19.4. The van der Waals surface area contributed by atoms with Gasteiger partial charge in [-0.25, -0.2) is 4.68 Å². The minimum Gasteiger partial charge on any atom is -0.378 e. The predicted molar refractivity (Wildman–Crippen MR) is 82.8 cm³/mol. The van der Waals surface area contributed by atoms with Gasteiger partial charge in [-0.2, -0.15) is 0 Å². The van der Waals surface area contributed by atoms with Gasteiger partial charge in [-0.3, -0.25) is 0 Å². The Labute approximate surface area is 139 Å². The van der Waals surface area contributed by atoms with Crippen molar-refractivity contribution in [2.24, 2.45) is 0 Å². The molecule has 0 amide bonds. The predicted octanol–water partition coefficient (Wildman–Crippen LogP) is 1.33. The summed E-state index contributed by atoms with van der Waals surface area (Å²) in [6.07, 6.45) is -1.62. The molecule has 3 aliphatic rings. The van der Waals surface area contributed by atoms with E-state index in [9.17, 15) is 5.11 Å². The van der Waals surface area contributed by atoms with Crippen LogP contribution in [-0.2, 0) is 26.4 Å². The van der Waals surface area contributed by atoms with Crippen molar-refractivity contribution in [1.29, 1.82) is 0 Å². The van der Waals surface area contributed by atoms with Gasteiger partial charge in [-0.05, 0) is 26.8 Å². The van der Waals surface area contributed by atoms with Crippen molar-refractivity contribution in [3.05, 3.63) is 35.5 Å². The average molecular weight is 329 g/mol. The Morgan fingerprint density at radius 1 is 1.29 bits per heavy atom. The van der Waals surface area contributed by atoms with Gasteiger partial charge in [0.2, 0.25) is 0 Å². The average Bonchev–Trinajstić information content (AvgIpc) is 3.18.